The fourth-order valence-corrected chi connectivity index (χ4v) is 1.20. The molecule has 1 rings (SSSR count). The second-order valence-corrected chi connectivity index (χ2v) is 5.11. The van der Waals surface area contributed by atoms with Crippen LogP contribution in [0.15, 0.2) is 29.2 Å². The molecule has 9 nitrogen and oxygen atoms in total. The quantitative estimate of drug-likeness (QED) is 0.178. The number of hydrogen-bond donors (Lipinski definition) is 6. The summed E-state index contributed by atoms with van der Waals surface area (Å²) >= 11 is 0. The number of nitrogen functional groups attached to an aromatic ring is 1. The Morgan fingerprint density at radius 3 is 1.71 bits per heavy atom. The maximum absolute atomic E-state index is 10.5. The number of anilines is 1. The van der Waals surface area contributed by atoms with E-state index in [2.05, 4.69) is 5.43 Å². The van der Waals surface area contributed by atoms with E-state index >= 15 is 0 Å². The van der Waals surface area contributed by atoms with Crippen LogP contribution in [0.25, 0.3) is 0 Å². The third kappa shape index (κ3) is 8.77. The molecule has 0 aromatic heterocycles. The Morgan fingerprint density at radius 2 is 1.47 bits per heavy atom. The largest absolute Gasteiger partial charge is 0.466 e. The first-order chi connectivity index (χ1) is 7.54. The van der Waals surface area contributed by atoms with Gasteiger partial charge in [0.15, 0.2) is 0 Å². The van der Waals surface area contributed by atoms with Crippen molar-refractivity contribution in [3.05, 3.63) is 24.3 Å². The zero-order valence-electron chi connectivity index (χ0n) is 8.26. The topological polar surface area (TPSA) is 170 Å². The Balaban J connectivity index is 0.000000437. The monoisotopic (exact) mass is 286 g/mol. The minimum absolute atomic E-state index is 0.151. The highest BCUT2D eigenvalue weighted by Crippen LogP contribution is 2.25. The molecule has 1 aromatic carbocycles. The van der Waals surface area contributed by atoms with Crippen LogP contribution in [0.1, 0.15) is 0 Å². The second-order valence-electron chi connectivity index (χ2n) is 2.66. The van der Waals surface area contributed by atoms with Gasteiger partial charge in [-0.25, -0.2) is 4.57 Å². The normalized spacial score (nSPS) is 11.4. The van der Waals surface area contributed by atoms with Gasteiger partial charge in [0.25, 0.3) is 10.1 Å². The molecule has 1 aromatic rings. The molecular formula is C6H11N2O7PS. The molecular weight excluding hydrogens is 275 g/mol. The number of hydrogen-bond acceptors (Lipinski definition) is 5. The molecule has 17 heavy (non-hydrogen) atoms. The molecule has 0 saturated carbocycles. The molecule has 0 aliphatic heterocycles. The van der Waals surface area contributed by atoms with E-state index in [9.17, 15) is 8.42 Å². The van der Waals surface area contributed by atoms with E-state index in [0.29, 0.717) is 5.69 Å². The van der Waals surface area contributed by atoms with Crippen LogP contribution in [-0.4, -0.2) is 27.7 Å². The summed E-state index contributed by atoms with van der Waals surface area (Å²) in [6, 6.07) is 5.40. The zero-order valence-corrected chi connectivity index (χ0v) is 9.97. The lowest BCUT2D eigenvalue weighted by atomic mass is 10.3. The van der Waals surface area contributed by atoms with E-state index in [1.54, 1.807) is 0 Å². The van der Waals surface area contributed by atoms with E-state index < -0.39 is 17.9 Å². The molecule has 7 N–H and O–H groups in total. The number of nitrogens with two attached hydrogens (primary N) is 1. The molecule has 0 bridgehead atoms. The maximum atomic E-state index is 10.5. The van der Waals surface area contributed by atoms with Gasteiger partial charge in [-0.2, -0.15) is 8.42 Å². The number of hydrazine groups is 1. The molecule has 98 valence electrons. The van der Waals surface area contributed by atoms with Gasteiger partial charge >= 0.3 is 7.82 Å². The van der Waals surface area contributed by atoms with Crippen molar-refractivity contribution in [3.8, 4) is 0 Å². The van der Waals surface area contributed by atoms with Gasteiger partial charge in [-0.15, -0.1) is 0 Å². The molecule has 0 fully saturated rings. The van der Waals surface area contributed by atoms with E-state index in [1.165, 1.54) is 24.3 Å². The Labute approximate surface area is 96.9 Å². The molecule has 0 aliphatic carbocycles. The first-order valence-electron chi connectivity index (χ1n) is 3.86. The summed E-state index contributed by atoms with van der Waals surface area (Å²) in [5, 5.41) is 0. The molecule has 0 atom stereocenters. The fraction of sp³-hybridized carbons (Fsp3) is 0. The summed E-state index contributed by atoms with van der Waals surface area (Å²) in [4.78, 5) is 21.4. The van der Waals surface area contributed by atoms with Crippen molar-refractivity contribution >= 4 is 23.6 Å². The summed E-state index contributed by atoms with van der Waals surface area (Å²) in [5.41, 5.74) is 2.90. The lowest BCUT2D eigenvalue weighted by molar-refractivity contribution is 0.275. The Bertz CT molecular complexity index is 485. The van der Waals surface area contributed by atoms with Crippen molar-refractivity contribution in [3.63, 3.8) is 0 Å². The van der Waals surface area contributed by atoms with Gasteiger partial charge in [0.2, 0.25) is 0 Å². The third-order valence-electron chi connectivity index (χ3n) is 1.32. The lowest BCUT2D eigenvalue weighted by Crippen LogP contribution is -2.06. The minimum Gasteiger partial charge on any atom is -0.324 e. The highest BCUT2D eigenvalue weighted by atomic mass is 32.2. The maximum Gasteiger partial charge on any atom is 0.466 e. The highest BCUT2D eigenvalue weighted by molar-refractivity contribution is 7.85. The van der Waals surface area contributed by atoms with Crippen molar-refractivity contribution < 1.29 is 32.2 Å². The Morgan fingerprint density at radius 1 is 1.12 bits per heavy atom. The van der Waals surface area contributed by atoms with Crippen LogP contribution >= 0.6 is 7.82 Å². The van der Waals surface area contributed by atoms with Crippen LogP contribution in [0.4, 0.5) is 5.69 Å². The van der Waals surface area contributed by atoms with Crippen LogP contribution in [-0.2, 0) is 14.7 Å². The smallest absolute Gasteiger partial charge is 0.324 e. The molecule has 0 amide bonds. The lowest BCUT2D eigenvalue weighted by Gasteiger charge is -1.99. The fourth-order valence-electron chi connectivity index (χ4n) is 0.723. The predicted molar refractivity (Wildman–Crippen MR) is 58.3 cm³/mol. The first kappa shape index (κ1) is 16.0. The summed E-state index contributed by atoms with van der Waals surface area (Å²) in [5.74, 6) is 5.05. The molecule has 0 heterocycles. The molecule has 11 heteroatoms. The number of benzene rings is 1. The molecule has 0 spiro atoms. The first-order valence-corrected chi connectivity index (χ1v) is 6.87. The summed E-state index contributed by atoms with van der Waals surface area (Å²) in [7, 11) is -8.74. The van der Waals surface area contributed by atoms with Gasteiger partial charge in [-0.05, 0) is 24.3 Å². The Kier molecular flexibility index (Phi) is 5.72. The van der Waals surface area contributed by atoms with E-state index in [1.807, 2.05) is 0 Å². The van der Waals surface area contributed by atoms with E-state index in [4.69, 9.17) is 29.6 Å². The third-order valence-corrected chi connectivity index (χ3v) is 2.19. The van der Waals surface area contributed by atoms with Crippen LogP contribution < -0.4 is 11.3 Å². The van der Waals surface area contributed by atoms with E-state index in [0.717, 1.165) is 0 Å². The summed E-state index contributed by atoms with van der Waals surface area (Å²) in [6.45, 7) is 0. The molecule has 0 unspecified atom stereocenters. The van der Waals surface area contributed by atoms with Crippen molar-refractivity contribution in [1.82, 2.24) is 0 Å². The van der Waals surface area contributed by atoms with Gasteiger partial charge in [0, 0.05) is 5.69 Å². The van der Waals surface area contributed by atoms with Crippen molar-refractivity contribution in [2.24, 2.45) is 5.84 Å². The summed E-state index contributed by atoms with van der Waals surface area (Å²) < 4.78 is 38.5. The summed E-state index contributed by atoms with van der Waals surface area (Å²) in [6.07, 6.45) is 0. The second kappa shape index (κ2) is 6.07. The van der Waals surface area contributed by atoms with Crippen molar-refractivity contribution in [1.29, 1.82) is 0 Å². The van der Waals surface area contributed by atoms with Crippen LogP contribution in [0.3, 0.4) is 0 Å². The highest BCUT2D eigenvalue weighted by Gasteiger charge is 2.07. The predicted octanol–water partition coefficient (Wildman–Crippen LogP) is -0.710. The SMILES string of the molecule is NNc1ccc(S(=O)(=O)O)cc1.O=P(O)(O)O. The number of phosphoric acid groups is 1. The molecule has 0 aliphatic rings. The zero-order chi connectivity index (χ0) is 13.7. The van der Waals surface area contributed by atoms with Crippen molar-refractivity contribution in [2.75, 3.05) is 5.43 Å². The van der Waals surface area contributed by atoms with Crippen LogP contribution in [0, 0.1) is 0 Å². The van der Waals surface area contributed by atoms with Gasteiger partial charge < -0.3 is 20.1 Å². The van der Waals surface area contributed by atoms with Crippen LogP contribution in [0.2, 0.25) is 0 Å². The van der Waals surface area contributed by atoms with Crippen molar-refractivity contribution in [2.45, 2.75) is 4.90 Å². The Hall–Kier alpha value is -1.00. The van der Waals surface area contributed by atoms with Gasteiger partial charge in [0.1, 0.15) is 0 Å². The minimum atomic E-state index is -4.64. The number of rotatable bonds is 2. The van der Waals surface area contributed by atoms with Crippen LogP contribution in [0.5, 0.6) is 0 Å². The molecule has 0 saturated heterocycles. The average molecular weight is 286 g/mol. The standard InChI is InChI=1S/C6H8N2O3S.H3O4P/c7-8-5-1-3-6(4-2-5)12(9,10)11;1-5(2,3)4/h1-4,8H,7H2,(H,9,10,11);(H3,1,2,3,4). The van der Waals surface area contributed by atoms with Gasteiger partial charge in [0.05, 0.1) is 4.90 Å². The van der Waals surface area contributed by atoms with E-state index in [-0.39, 0.29) is 4.90 Å². The number of nitrogens with one attached hydrogen (secondary N) is 1. The van der Waals surface area contributed by atoms with Gasteiger partial charge in [-0.1, -0.05) is 0 Å². The molecule has 0 radical (unpaired) electrons. The van der Waals surface area contributed by atoms with Gasteiger partial charge in [-0.3, -0.25) is 10.4 Å². The average Bonchev–Trinajstić information content (AvgIpc) is 2.14.